The molecule has 0 atom stereocenters. The third-order valence-electron chi connectivity index (χ3n) is 2.88. The summed E-state index contributed by atoms with van der Waals surface area (Å²) in [7, 11) is 0. The minimum absolute atomic E-state index is 0.106. The standard InChI is InChI=1S/C12H11BrF2O2/c13-8-1-2-9(14)10(11(8)15)12(16)7-3-5-17-6-4-7/h1-2,7H,3-6H2. The first kappa shape index (κ1) is 12.6. The summed E-state index contributed by atoms with van der Waals surface area (Å²) in [4.78, 5) is 12.0. The van der Waals surface area contributed by atoms with Gasteiger partial charge in [-0.3, -0.25) is 4.79 Å². The molecule has 17 heavy (non-hydrogen) atoms. The zero-order valence-corrected chi connectivity index (χ0v) is 10.6. The van der Waals surface area contributed by atoms with Gasteiger partial charge in [-0.05, 0) is 40.9 Å². The van der Waals surface area contributed by atoms with Crippen LogP contribution in [0.5, 0.6) is 0 Å². The average Bonchev–Trinajstić information content (AvgIpc) is 2.35. The second-order valence-electron chi connectivity index (χ2n) is 3.97. The predicted molar refractivity (Wildman–Crippen MR) is 61.9 cm³/mol. The number of carbonyl (C=O) groups excluding carboxylic acids is 1. The molecule has 5 heteroatoms. The Kier molecular flexibility index (Phi) is 3.89. The van der Waals surface area contributed by atoms with E-state index in [1.165, 1.54) is 6.07 Å². The van der Waals surface area contributed by atoms with Gasteiger partial charge in [0.1, 0.15) is 5.82 Å². The molecule has 2 nitrogen and oxygen atoms in total. The lowest BCUT2D eigenvalue weighted by Gasteiger charge is -2.21. The fraction of sp³-hybridized carbons (Fsp3) is 0.417. The van der Waals surface area contributed by atoms with Crippen LogP contribution in [-0.4, -0.2) is 19.0 Å². The molecule has 0 aliphatic carbocycles. The molecule has 92 valence electrons. The van der Waals surface area contributed by atoms with Gasteiger partial charge in [-0.1, -0.05) is 0 Å². The van der Waals surface area contributed by atoms with Crippen molar-refractivity contribution in [1.82, 2.24) is 0 Å². The van der Waals surface area contributed by atoms with Crippen LogP contribution in [-0.2, 0) is 4.74 Å². The summed E-state index contributed by atoms with van der Waals surface area (Å²) in [5, 5.41) is 0. The molecule has 1 heterocycles. The van der Waals surface area contributed by atoms with E-state index in [9.17, 15) is 13.6 Å². The topological polar surface area (TPSA) is 26.3 Å². The van der Waals surface area contributed by atoms with Crippen LogP contribution in [0.4, 0.5) is 8.78 Å². The Morgan fingerprint density at radius 1 is 1.29 bits per heavy atom. The largest absolute Gasteiger partial charge is 0.381 e. The molecule has 0 spiro atoms. The van der Waals surface area contributed by atoms with E-state index in [1.807, 2.05) is 0 Å². The molecule has 0 aromatic heterocycles. The number of Topliss-reactive ketones (excluding diaryl/α,β-unsaturated/α-hetero) is 1. The van der Waals surface area contributed by atoms with Crippen molar-refractivity contribution in [2.45, 2.75) is 12.8 Å². The highest BCUT2D eigenvalue weighted by Crippen LogP contribution is 2.27. The van der Waals surface area contributed by atoms with Gasteiger partial charge < -0.3 is 4.74 Å². The molecule has 0 radical (unpaired) electrons. The number of halogens is 3. The maximum atomic E-state index is 13.7. The normalized spacial score (nSPS) is 17.1. The molecule has 0 bridgehead atoms. The van der Waals surface area contributed by atoms with Crippen LogP contribution in [0.3, 0.4) is 0 Å². The summed E-state index contributed by atoms with van der Waals surface area (Å²) in [6, 6.07) is 2.35. The third kappa shape index (κ3) is 2.55. The third-order valence-corrected chi connectivity index (χ3v) is 3.49. The number of rotatable bonds is 2. The van der Waals surface area contributed by atoms with Gasteiger partial charge >= 0.3 is 0 Å². The summed E-state index contributed by atoms with van der Waals surface area (Å²) in [6.07, 6.45) is 1.04. The van der Waals surface area contributed by atoms with Crippen molar-refractivity contribution in [1.29, 1.82) is 0 Å². The first-order valence-corrected chi connectivity index (χ1v) is 6.16. The molecule has 0 unspecified atom stereocenters. The van der Waals surface area contributed by atoms with Crippen molar-refractivity contribution in [2.75, 3.05) is 13.2 Å². The Labute approximate surface area is 106 Å². The van der Waals surface area contributed by atoms with Gasteiger partial charge in [0, 0.05) is 19.1 Å². The number of carbonyl (C=O) groups is 1. The van der Waals surface area contributed by atoms with Crippen molar-refractivity contribution in [3.63, 3.8) is 0 Å². The van der Waals surface area contributed by atoms with Crippen molar-refractivity contribution < 1.29 is 18.3 Å². The predicted octanol–water partition coefficient (Wildman–Crippen LogP) is 3.34. The Morgan fingerprint density at radius 2 is 1.94 bits per heavy atom. The maximum Gasteiger partial charge on any atom is 0.172 e. The Balaban J connectivity index is 2.32. The highest BCUT2D eigenvalue weighted by molar-refractivity contribution is 9.10. The zero-order valence-electron chi connectivity index (χ0n) is 9.01. The summed E-state index contributed by atoms with van der Waals surface area (Å²) >= 11 is 2.95. The second kappa shape index (κ2) is 5.23. The smallest absolute Gasteiger partial charge is 0.172 e. The molecule has 1 aromatic rings. The minimum atomic E-state index is -0.818. The first-order valence-electron chi connectivity index (χ1n) is 5.36. The Morgan fingerprint density at radius 3 is 2.59 bits per heavy atom. The lowest BCUT2D eigenvalue weighted by Crippen LogP contribution is -2.25. The van der Waals surface area contributed by atoms with Crippen LogP contribution < -0.4 is 0 Å². The molecule has 0 saturated carbocycles. The van der Waals surface area contributed by atoms with Crippen LogP contribution in [0.1, 0.15) is 23.2 Å². The summed E-state index contributed by atoms with van der Waals surface area (Å²) in [5.41, 5.74) is -0.439. The summed E-state index contributed by atoms with van der Waals surface area (Å²) in [5.74, 6) is -2.43. The average molecular weight is 305 g/mol. The highest BCUT2D eigenvalue weighted by Gasteiger charge is 2.28. The molecule has 1 fully saturated rings. The van der Waals surface area contributed by atoms with Crippen molar-refractivity contribution in [2.24, 2.45) is 5.92 Å². The van der Waals surface area contributed by atoms with Crippen molar-refractivity contribution in [3.8, 4) is 0 Å². The molecule has 2 rings (SSSR count). The fourth-order valence-electron chi connectivity index (χ4n) is 1.92. The van der Waals surface area contributed by atoms with Crippen molar-refractivity contribution >= 4 is 21.7 Å². The van der Waals surface area contributed by atoms with E-state index in [0.717, 1.165) is 6.07 Å². The van der Waals surface area contributed by atoms with Crippen LogP contribution >= 0.6 is 15.9 Å². The van der Waals surface area contributed by atoms with Gasteiger partial charge in [-0.2, -0.15) is 0 Å². The quantitative estimate of drug-likeness (QED) is 0.619. The lowest BCUT2D eigenvalue weighted by atomic mass is 9.90. The van der Waals surface area contributed by atoms with E-state index in [4.69, 9.17) is 4.74 Å². The minimum Gasteiger partial charge on any atom is -0.381 e. The number of hydrogen-bond acceptors (Lipinski definition) is 2. The molecule has 1 saturated heterocycles. The van der Waals surface area contributed by atoms with E-state index in [1.54, 1.807) is 0 Å². The van der Waals surface area contributed by atoms with E-state index in [-0.39, 0.29) is 10.4 Å². The molecular formula is C12H11BrF2O2. The second-order valence-corrected chi connectivity index (χ2v) is 4.82. The molecule has 0 N–H and O–H groups in total. The number of benzene rings is 1. The molecule has 1 aliphatic heterocycles. The van der Waals surface area contributed by atoms with Gasteiger partial charge in [-0.25, -0.2) is 8.78 Å². The first-order chi connectivity index (χ1) is 8.11. The van der Waals surface area contributed by atoms with Crippen molar-refractivity contribution in [3.05, 3.63) is 33.8 Å². The highest BCUT2D eigenvalue weighted by atomic mass is 79.9. The monoisotopic (exact) mass is 304 g/mol. The molecule has 0 amide bonds. The van der Waals surface area contributed by atoms with Gasteiger partial charge in [0.25, 0.3) is 0 Å². The summed E-state index contributed by atoms with van der Waals surface area (Å²) < 4.78 is 32.5. The lowest BCUT2D eigenvalue weighted by molar-refractivity contribution is 0.0539. The van der Waals surface area contributed by atoms with Crippen LogP contribution in [0.15, 0.2) is 16.6 Å². The van der Waals surface area contributed by atoms with E-state index in [0.29, 0.717) is 26.1 Å². The Hall–Kier alpha value is -0.810. The van der Waals surface area contributed by atoms with E-state index < -0.39 is 23.0 Å². The molecule has 1 aliphatic rings. The molecular weight excluding hydrogens is 294 g/mol. The van der Waals surface area contributed by atoms with E-state index >= 15 is 0 Å². The van der Waals surface area contributed by atoms with Gasteiger partial charge in [0.15, 0.2) is 11.6 Å². The fourth-order valence-corrected chi connectivity index (χ4v) is 2.25. The van der Waals surface area contributed by atoms with Gasteiger partial charge in [0.2, 0.25) is 0 Å². The number of hydrogen-bond donors (Lipinski definition) is 0. The van der Waals surface area contributed by atoms with Gasteiger partial charge in [-0.15, -0.1) is 0 Å². The SMILES string of the molecule is O=C(c1c(F)ccc(Br)c1F)C1CCOCC1. The van der Waals surface area contributed by atoms with Crippen LogP contribution in [0, 0.1) is 17.6 Å². The van der Waals surface area contributed by atoms with Crippen LogP contribution in [0.2, 0.25) is 0 Å². The van der Waals surface area contributed by atoms with E-state index in [2.05, 4.69) is 15.9 Å². The summed E-state index contributed by atoms with van der Waals surface area (Å²) in [6.45, 7) is 0.932. The zero-order chi connectivity index (χ0) is 12.4. The number of ether oxygens (including phenoxy) is 1. The van der Waals surface area contributed by atoms with Gasteiger partial charge in [0.05, 0.1) is 10.0 Å². The number of ketones is 1. The molecule has 1 aromatic carbocycles. The van der Waals surface area contributed by atoms with Crippen LogP contribution in [0.25, 0.3) is 0 Å². The Bertz CT molecular complexity index is 442. The maximum absolute atomic E-state index is 13.7.